The van der Waals surface area contributed by atoms with Crippen molar-refractivity contribution in [3.05, 3.63) is 65.2 Å². The van der Waals surface area contributed by atoms with Gasteiger partial charge in [-0.1, -0.05) is 36.4 Å². The quantitative estimate of drug-likeness (QED) is 0.691. The van der Waals surface area contributed by atoms with Gasteiger partial charge in [0.25, 0.3) is 11.8 Å². The van der Waals surface area contributed by atoms with E-state index in [2.05, 4.69) is 17.0 Å². The number of fused-ring (bicyclic) bond motifs is 1. The summed E-state index contributed by atoms with van der Waals surface area (Å²) in [6.07, 6.45) is 1.61. The van der Waals surface area contributed by atoms with Crippen molar-refractivity contribution in [3.8, 4) is 0 Å². The summed E-state index contributed by atoms with van der Waals surface area (Å²) in [5, 5.41) is 0. The standard InChI is InChI=1S/C20H21N3O2/c21-17-8-4-7-16-18(17)20(25)23(19(16)24)15-9-11-22(12-10-15)13-14-5-2-1-3-6-14/h1-8,15H,9-13,21H2. The average molecular weight is 335 g/mol. The van der Waals surface area contributed by atoms with Crippen LogP contribution in [0.4, 0.5) is 5.69 Å². The third-order valence-corrected chi connectivity index (χ3v) is 5.15. The molecule has 4 rings (SSSR count). The first-order chi connectivity index (χ1) is 12.1. The number of likely N-dealkylation sites (tertiary alicyclic amines) is 1. The third kappa shape index (κ3) is 2.81. The molecule has 2 aliphatic rings. The Morgan fingerprint density at radius 2 is 1.64 bits per heavy atom. The Morgan fingerprint density at radius 1 is 0.920 bits per heavy atom. The number of hydrogen-bond acceptors (Lipinski definition) is 4. The van der Waals surface area contributed by atoms with Gasteiger partial charge < -0.3 is 5.73 Å². The maximum absolute atomic E-state index is 12.7. The van der Waals surface area contributed by atoms with Crippen LogP contribution in [0.1, 0.15) is 39.1 Å². The molecule has 1 saturated heterocycles. The van der Waals surface area contributed by atoms with E-state index in [0.717, 1.165) is 32.5 Å². The van der Waals surface area contributed by atoms with E-state index in [4.69, 9.17) is 5.73 Å². The minimum Gasteiger partial charge on any atom is -0.398 e. The first-order valence-electron chi connectivity index (χ1n) is 8.68. The van der Waals surface area contributed by atoms with Crippen LogP contribution >= 0.6 is 0 Å². The van der Waals surface area contributed by atoms with E-state index in [0.29, 0.717) is 16.8 Å². The van der Waals surface area contributed by atoms with Gasteiger partial charge in [-0.05, 0) is 30.5 Å². The fourth-order valence-electron chi connectivity index (χ4n) is 3.84. The van der Waals surface area contributed by atoms with Crippen molar-refractivity contribution in [1.29, 1.82) is 0 Å². The molecular formula is C20H21N3O2. The van der Waals surface area contributed by atoms with Crippen molar-refractivity contribution in [2.75, 3.05) is 18.8 Å². The Labute approximate surface area is 147 Å². The van der Waals surface area contributed by atoms with E-state index < -0.39 is 0 Å². The summed E-state index contributed by atoms with van der Waals surface area (Å²) in [5.74, 6) is -0.437. The molecule has 5 nitrogen and oxygen atoms in total. The zero-order chi connectivity index (χ0) is 17.4. The highest BCUT2D eigenvalue weighted by Crippen LogP contribution is 2.31. The van der Waals surface area contributed by atoms with Crippen molar-refractivity contribution in [3.63, 3.8) is 0 Å². The lowest BCUT2D eigenvalue weighted by Gasteiger charge is -2.35. The van der Waals surface area contributed by atoms with Crippen molar-refractivity contribution >= 4 is 17.5 Å². The first-order valence-corrected chi connectivity index (χ1v) is 8.68. The number of nitrogens with zero attached hydrogens (tertiary/aromatic N) is 2. The van der Waals surface area contributed by atoms with Crippen LogP contribution < -0.4 is 5.73 Å². The van der Waals surface area contributed by atoms with Crippen LogP contribution in [0.15, 0.2) is 48.5 Å². The Balaban J connectivity index is 1.44. The molecule has 2 aromatic rings. The minimum atomic E-state index is -0.236. The van der Waals surface area contributed by atoms with Crippen molar-refractivity contribution in [2.45, 2.75) is 25.4 Å². The molecule has 0 saturated carbocycles. The number of amides is 2. The average Bonchev–Trinajstić information content (AvgIpc) is 2.89. The lowest BCUT2D eigenvalue weighted by molar-refractivity contribution is 0.0498. The molecule has 5 heteroatoms. The molecule has 0 radical (unpaired) electrons. The molecule has 2 aromatic carbocycles. The summed E-state index contributed by atoms with van der Waals surface area (Å²) >= 11 is 0. The monoisotopic (exact) mass is 335 g/mol. The molecule has 2 heterocycles. The Bertz CT molecular complexity index is 811. The van der Waals surface area contributed by atoms with E-state index in [-0.39, 0.29) is 17.9 Å². The topological polar surface area (TPSA) is 66.6 Å². The van der Waals surface area contributed by atoms with Gasteiger partial charge in [0.1, 0.15) is 0 Å². The van der Waals surface area contributed by atoms with Crippen LogP contribution in [0.25, 0.3) is 0 Å². The van der Waals surface area contributed by atoms with Crippen molar-refractivity contribution in [1.82, 2.24) is 9.80 Å². The molecular weight excluding hydrogens is 314 g/mol. The lowest BCUT2D eigenvalue weighted by Crippen LogP contribution is -2.47. The molecule has 1 fully saturated rings. The SMILES string of the molecule is Nc1cccc2c1C(=O)N(C1CCN(Cc3ccccc3)CC1)C2=O. The van der Waals surface area contributed by atoms with Crippen LogP contribution in [0.5, 0.6) is 0 Å². The number of nitrogens with two attached hydrogens (primary N) is 1. The zero-order valence-corrected chi connectivity index (χ0v) is 14.0. The Hall–Kier alpha value is -2.66. The molecule has 2 N–H and O–H groups in total. The van der Waals surface area contributed by atoms with Gasteiger partial charge in [-0.2, -0.15) is 0 Å². The van der Waals surface area contributed by atoms with Crippen molar-refractivity contribution < 1.29 is 9.59 Å². The zero-order valence-electron chi connectivity index (χ0n) is 14.0. The van der Waals surface area contributed by atoms with Crippen LogP contribution in [-0.2, 0) is 6.54 Å². The maximum atomic E-state index is 12.7. The first kappa shape index (κ1) is 15.8. The predicted molar refractivity (Wildman–Crippen MR) is 96.1 cm³/mol. The molecule has 0 unspecified atom stereocenters. The fraction of sp³-hybridized carbons (Fsp3) is 0.300. The number of nitrogen functional groups attached to an aromatic ring is 1. The second-order valence-electron chi connectivity index (χ2n) is 6.74. The second kappa shape index (κ2) is 6.33. The van der Waals surface area contributed by atoms with Gasteiger partial charge in [0, 0.05) is 31.4 Å². The van der Waals surface area contributed by atoms with Crippen LogP contribution in [0.3, 0.4) is 0 Å². The third-order valence-electron chi connectivity index (χ3n) is 5.15. The van der Waals surface area contributed by atoms with Gasteiger partial charge in [-0.3, -0.25) is 19.4 Å². The summed E-state index contributed by atoms with van der Waals surface area (Å²) in [6, 6.07) is 15.4. The van der Waals surface area contributed by atoms with Gasteiger partial charge in [0.2, 0.25) is 0 Å². The highest BCUT2D eigenvalue weighted by atomic mass is 16.2. The highest BCUT2D eigenvalue weighted by Gasteiger charge is 2.41. The molecule has 25 heavy (non-hydrogen) atoms. The summed E-state index contributed by atoms with van der Waals surface area (Å²) in [4.78, 5) is 29.2. The number of carbonyl (C=O) groups is 2. The normalized spacial score (nSPS) is 18.6. The number of hydrogen-bond donors (Lipinski definition) is 1. The molecule has 0 bridgehead atoms. The number of anilines is 1. The van der Waals surface area contributed by atoms with E-state index in [1.54, 1.807) is 18.2 Å². The number of piperidine rings is 1. The van der Waals surface area contributed by atoms with E-state index in [9.17, 15) is 9.59 Å². The van der Waals surface area contributed by atoms with Gasteiger partial charge in [0.05, 0.1) is 11.1 Å². The fourth-order valence-corrected chi connectivity index (χ4v) is 3.84. The van der Waals surface area contributed by atoms with Gasteiger partial charge in [-0.25, -0.2) is 0 Å². The smallest absolute Gasteiger partial charge is 0.263 e. The van der Waals surface area contributed by atoms with E-state index in [1.165, 1.54) is 10.5 Å². The maximum Gasteiger partial charge on any atom is 0.263 e. The van der Waals surface area contributed by atoms with Gasteiger partial charge >= 0.3 is 0 Å². The van der Waals surface area contributed by atoms with E-state index >= 15 is 0 Å². The molecule has 0 spiro atoms. The van der Waals surface area contributed by atoms with Gasteiger partial charge in [-0.15, -0.1) is 0 Å². The number of benzene rings is 2. The molecule has 0 aromatic heterocycles. The summed E-state index contributed by atoms with van der Waals surface area (Å²) < 4.78 is 0. The van der Waals surface area contributed by atoms with Gasteiger partial charge in [0.15, 0.2) is 0 Å². The Morgan fingerprint density at radius 3 is 2.32 bits per heavy atom. The van der Waals surface area contributed by atoms with Crippen LogP contribution in [0, 0.1) is 0 Å². The molecule has 2 amide bonds. The highest BCUT2D eigenvalue weighted by molar-refractivity contribution is 6.23. The predicted octanol–water partition coefficient (Wildman–Crippen LogP) is 2.53. The lowest BCUT2D eigenvalue weighted by atomic mass is 10.0. The molecule has 0 atom stereocenters. The van der Waals surface area contributed by atoms with Crippen molar-refractivity contribution in [2.24, 2.45) is 0 Å². The number of carbonyl (C=O) groups excluding carboxylic acids is 2. The molecule has 128 valence electrons. The van der Waals surface area contributed by atoms with Crippen LogP contribution in [-0.4, -0.2) is 40.7 Å². The molecule has 2 aliphatic heterocycles. The molecule has 0 aliphatic carbocycles. The number of rotatable bonds is 3. The summed E-state index contributed by atoms with van der Waals surface area (Å²) in [6.45, 7) is 2.66. The minimum absolute atomic E-state index is 0.0428. The Kier molecular flexibility index (Phi) is 4.01. The summed E-state index contributed by atoms with van der Waals surface area (Å²) in [7, 11) is 0. The largest absolute Gasteiger partial charge is 0.398 e. The number of imide groups is 1. The second-order valence-corrected chi connectivity index (χ2v) is 6.74. The van der Waals surface area contributed by atoms with E-state index in [1.807, 2.05) is 18.2 Å². The van der Waals surface area contributed by atoms with Crippen LogP contribution in [0.2, 0.25) is 0 Å². The summed E-state index contributed by atoms with van der Waals surface area (Å²) in [5.41, 5.74) is 8.41.